The van der Waals surface area contributed by atoms with E-state index >= 15 is 0 Å². The Kier molecular flexibility index (Phi) is 1.40. The molecule has 0 atom stereocenters. The van der Waals surface area contributed by atoms with Crippen LogP contribution in [0.5, 0.6) is 0 Å². The fourth-order valence-corrected chi connectivity index (χ4v) is 1.52. The minimum Gasteiger partial charge on any atom is -0.359 e. The number of aromatic nitrogens is 3. The Labute approximate surface area is 70.8 Å². The molecular formula is C9H11N3. The number of aromatic amines is 1. The first kappa shape index (κ1) is 7.28. The van der Waals surface area contributed by atoms with Gasteiger partial charge in [-0.25, -0.2) is 0 Å². The topological polar surface area (TPSA) is 41.6 Å². The summed E-state index contributed by atoms with van der Waals surface area (Å²) >= 11 is 0. The van der Waals surface area contributed by atoms with Crippen LogP contribution in [0.25, 0.3) is 10.9 Å². The van der Waals surface area contributed by atoms with Crippen molar-refractivity contribution in [3.63, 3.8) is 0 Å². The SMILES string of the molecule is Cc1nnc(C)c2c(C)c[nH]c12. The van der Waals surface area contributed by atoms with Crippen LogP contribution >= 0.6 is 0 Å². The average molecular weight is 161 g/mol. The van der Waals surface area contributed by atoms with Crippen LogP contribution in [0, 0.1) is 20.8 Å². The molecule has 0 saturated carbocycles. The average Bonchev–Trinajstić information content (AvgIpc) is 2.42. The van der Waals surface area contributed by atoms with E-state index in [2.05, 4.69) is 22.1 Å². The molecule has 0 saturated heterocycles. The van der Waals surface area contributed by atoms with E-state index in [9.17, 15) is 0 Å². The van der Waals surface area contributed by atoms with Crippen LogP contribution in [0.2, 0.25) is 0 Å². The summed E-state index contributed by atoms with van der Waals surface area (Å²) in [7, 11) is 0. The lowest BCUT2D eigenvalue weighted by Crippen LogP contribution is -1.91. The van der Waals surface area contributed by atoms with Crippen LogP contribution in [0.4, 0.5) is 0 Å². The zero-order valence-corrected chi connectivity index (χ0v) is 7.47. The molecule has 0 radical (unpaired) electrons. The molecule has 2 aromatic rings. The van der Waals surface area contributed by atoms with E-state index in [0.717, 1.165) is 16.9 Å². The Balaban J connectivity index is 2.98. The first-order valence-electron chi connectivity index (χ1n) is 3.97. The number of rotatable bonds is 0. The Morgan fingerprint density at radius 2 is 1.75 bits per heavy atom. The van der Waals surface area contributed by atoms with Gasteiger partial charge in [0.05, 0.1) is 16.9 Å². The van der Waals surface area contributed by atoms with Crippen molar-refractivity contribution in [1.29, 1.82) is 0 Å². The van der Waals surface area contributed by atoms with E-state index < -0.39 is 0 Å². The first-order chi connectivity index (χ1) is 5.70. The van der Waals surface area contributed by atoms with E-state index in [1.54, 1.807) is 0 Å². The van der Waals surface area contributed by atoms with Gasteiger partial charge in [-0.3, -0.25) is 0 Å². The van der Waals surface area contributed by atoms with Gasteiger partial charge in [0.2, 0.25) is 0 Å². The monoisotopic (exact) mass is 161 g/mol. The van der Waals surface area contributed by atoms with Crippen molar-refractivity contribution in [3.8, 4) is 0 Å². The lowest BCUT2D eigenvalue weighted by molar-refractivity contribution is 0.961. The number of nitrogens with one attached hydrogen (secondary N) is 1. The Bertz CT molecular complexity index is 429. The van der Waals surface area contributed by atoms with Crippen molar-refractivity contribution in [2.75, 3.05) is 0 Å². The number of fused-ring (bicyclic) bond motifs is 1. The van der Waals surface area contributed by atoms with Crippen molar-refractivity contribution in [2.45, 2.75) is 20.8 Å². The molecular weight excluding hydrogens is 150 g/mol. The van der Waals surface area contributed by atoms with Gasteiger partial charge >= 0.3 is 0 Å². The van der Waals surface area contributed by atoms with E-state index in [1.165, 1.54) is 10.9 Å². The maximum Gasteiger partial charge on any atom is 0.0840 e. The van der Waals surface area contributed by atoms with E-state index in [4.69, 9.17) is 0 Å². The first-order valence-corrected chi connectivity index (χ1v) is 3.97. The second-order valence-electron chi connectivity index (χ2n) is 3.09. The van der Waals surface area contributed by atoms with Crippen molar-refractivity contribution < 1.29 is 0 Å². The minimum absolute atomic E-state index is 0.962. The summed E-state index contributed by atoms with van der Waals surface area (Å²) in [5.41, 5.74) is 4.30. The molecule has 12 heavy (non-hydrogen) atoms. The van der Waals surface area contributed by atoms with E-state index in [0.29, 0.717) is 0 Å². The third-order valence-electron chi connectivity index (χ3n) is 2.15. The molecule has 0 unspecified atom stereocenters. The van der Waals surface area contributed by atoms with Gasteiger partial charge in [0, 0.05) is 11.6 Å². The van der Waals surface area contributed by atoms with Gasteiger partial charge in [-0.15, -0.1) is 0 Å². The maximum atomic E-state index is 4.07. The molecule has 0 bridgehead atoms. The fourth-order valence-electron chi connectivity index (χ4n) is 1.52. The molecule has 3 nitrogen and oxygen atoms in total. The zero-order chi connectivity index (χ0) is 8.72. The third kappa shape index (κ3) is 0.826. The molecule has 2 aromatic heterocycles. The lowest BCUT2D eigenvalue weighted by Gasteiger charge is -1.97. The molecule has 0 spiro atoms. The van der Waals surface area contributed by atoms with Crippen LogP contribution < -0.4 is 0 Å². The van der Waals surface area contributed by atoms with Crippen LogP contribution in [0.3, 0.4) is 0 Å². The summed E-state index contributed by atoms with van der Waals surface area (Å²) in [6.07, 6.45) is 1.99. The highest BCUT2D eigenvalue weighted by atomic mass is 15.1. The molecule has 2 rings (SSSR count). The van der Waals surface area contributed by atoms with Crippen LogP contribution in [0.1, 0.15) is 17.0 Å². The fraction of sp³-hybridized carbons (Fsp3) is 0.333. The minimum atomic E-state index is 0.962. The van der Waals surface area contributed by atoms with Gasteiger partial charge in [0.25, 0.3) is 0 Å². The van der Waals surface area contributed by atoms with E-state index in [-0.39, 0.29) is 0 Å². The smallest absolute Gasteiger partial charge is 0.0840 e. The van der Waals surface area contributed by atoms with Gasteiger partial charge in [-0.05, 0) is 26.3 Å². The molecule has 1 N–H and O–H groups in total. The third-order valence-corrected chi connectivity index (χ3v) is 2.15. The normalized spacial score (nSPS) is 10.9. The molecule has 0 fully saturated rings. The second kappa shape index (κ2) is 2.30. The largest absolute Gasteiger partial charge is 0.359 e. The summed E-state index contributed by atoms with van der Waals surface area (Å²) in [6, 6.07) is 0. The maximum absolute atomic E-state index is 4.07. The van der Waals surface area contributed by atoms with E-state index in [1.807, 2.05) is 20.0 Å². The number of nitrogens with zero attached hydrogens (tertiary/aromatic N) is 2. The van der Waals surface area contributed by atoms with Gasteiger partial charge in [0.15, 0.2) is 0 Å². The van der Waals surface area contributed by atoms with Crippen LogP contribution in [0.15, 0.2) is 6.20 Å². The summed E-state index contributed by atoms with van der Waals surface area (Å²) in [4.78, 5) is 3.19. The Morgan fingerprint density at radius 1 is 1.08 bits per heavy atom. The van der Waals surface area contributed by atoms with Crippen LogP contribution in [-0.2, 0) is 0 Å². The predicted octanol–water partition coefficient (Wildman–Crippen LogP) is 1.88. The molecule has 0 aliphatic heterocycles. The standard InChI is InChI=1S/C9H11N3/c1-5-4-10-9-7(3)12-11-6(2)8(5)9/h4,10H,1-3H3. The van der Waals surface area contributed by atoms with Crippen molar-refractivity contribution in [2.24, 2.45) is 0 Å². The second-order valence-corrected chi connectivity index (χ2v) is 3.09. The molecule has 3 heteroatoms. The highest BCUT2D eigenvalue weighted by molar-refractivity contribution is 5.86. The zero-order valence-electron chi connectivity index (χ0n) is 7.47. The Hall–Kier alpha value is -1.38. The summed E-state index contributed by atoms with van der Waals surface area (Å²) in [5, 5.41) is 9.32. The number of hydrogen-bond donors (Lipinski definition) is 1. The highest BCUT2D eigenvalue weighted by Crippen LogP contribution is 2.20. The summed E-state index contributed by atoms with van der Waals surface area (Å²) in [5.74, 6) is 0. The summed E-state index contributed by atoms with van der Waals surface area (Å²) < 4.78 is 0. The van der Waals surface area contributed by atoms with Gasteiger partial charge in [0.1, 0.15) is 0 Å². The molecule has 0 aliphatic carbocycles. The molecule has 0 amide bonds. The van der Waals surface area contributed by atoms with Gasteiger partial charge < -0.3 is 4.98 Å². The number of H-pyrrole nitrogens is 1. The number of aryl methyl sites for hydroxylation is 3. The van der Waals surface area contributed by atoms with Crippen molar-refractivity contribution >= 4 is 10.9 Å². The number of hydrogen-bond acceptors (Lipinski definition) is 2. The summed E-state index contributed by atoms with van der Waals surface area (Å²) in [6.45, 7) is 6.02. The molecule has 2 heterocycles. The molecule has 62 valence electrons. The van der Waals surface area contributed by atoms with Crippen molar-refractivity contribution in [1.82, 2.24) is 15.2 Å². The quantitative estimate of drug-likeness (QED) is 0.641. The predicted molar refractivity (Wildman–Crippen MR) is 48.1 cm³/mol. The van der Waals surface area contributed by atoms with Gasteiger partial charge in [-0.2, -0.15) is 10.2 Å². The van der Waals surface area contributed by atoms with Crippen LogP contribution in [-0.4, -0.2) is 15.2 Å². The van der Waals surface area contributed by atoms with Crippen molar-refractivity contribution in [3.05, 3.63) is 23.1 Å². The van der Waals surface area contributed by atoms with Gasteiger partial charge in [-0.1, -0.05) is 0 Å². The Morgan fingerprint density at radius 3 is 2.42 bits per heavy atom. The highest BCUT2D eigenvalue weighted by Gasteiger charge is 2.06. The lowest BCUT2D eigenvalue weighted by atomic mass is 10.2. The molecule has 0 aliphatic rings. The molecule has 0 aromatic carbocycles.